The second kappa shape index (κ2) is 10.0. The van der Waals surface area contributed by atoms with Gasteiger partial charge in [-0.2, -0.15) is 0 Å². The molecule has 0 unspecified atom stereocenters. The lowest BCUT2D eigenvalue weighted by atomic mass is 9.97. The first-order valence-corrected chi connectivity index (χ1v) is 12.7. The molecule has 192 valence electrons. The minimum atomic E-state index is -4.08. The molecule has 0 aliphatic rings. The van der Waals surface area contributed by atoms with E-state index in [1.807, 2.05) is 0 Å². The molecule has 11 heteroatoms. The molecular weight excluding hydrogens is 514 g/mol. The molecule has 3 aromatic carbocycles. The average Bonchev–Trinajstić information content (AvgIpc) is 2.94. The number of nitrogens with zero attached hydrogens (tertiary/aromatic N) is 3. The second-order valence-corrected chi connectivity index (χ2v) is 9.76. The number of sulfonamides is 1. The number of halogens is 2. The lowest BCUT2D eigenvalue weighted by molar-refractivity contribution is 0.386. The monoisotopic (exact) mass is 534 g/mol. The molecule has 0 aliphatic heterocycles. The van der Waals surface area contributed by atoms with Gasteiger partial charge in [0.2, 0.25) is 0 Å². The minimum absolute atomic E-state index is 0.0289. The molecule has 38 heavy (non-hydrogen) atoms. The first-order valence-electron chi connectivity index (χ1n) is 11.2. The van der Waals surface area contributed by atoms with Gasteiger partial charge in [-0.3, -0.25) is 9.71 Å². The van der Waals surface area contributed by atoms with Crippen molar-refractivity contribution in [1.29, 1.82) is 0 Å². The van der Waals surface area contributed by atoms with Gasteiger partial charge in [-0.25, -0.2) is 27.2 Å². The molecule has 0 amide bonds. The van der Waals surface area contributed by atoms with Gasteiger partial charge < -0.3 is 9.47 Å². The fraction of sp³-hybridized carbons (Fsp3) is 0.0741. The summed E-state index contributed by atoms with van der Waals surface area (Å²) in [6.45, 7) is 0. The topological polar surface area (TPSA) is 103 Å². The molecule has 8 nitrogen and oxygen atoms in total. The van der Waals surface area contributed by atoms with Crippen molar-refractivity contribution in [2.45, 2.75) is 4.90 Å². The maximum atomic E-state index is 15.5. The lowest BCUT2D eigenvalue weighted by Crippen LogP contribution is -2.14. The summed E-state index contributed by atoms with van der Waals surface area (Å²) in [5, 5.41) is 0.830. The quantitative estimate of drug-likeness (QED) is 0.296. The summed E-state index contributed by atoms with van der Waals surface area (Å²) >= 11 is 0. The van der Waals surface area contributed by atoms with E-state index < -0.39 is 21.7 Å². The molecule has 0 saturated carbocycles. The van der Waals surface area contributed by atoms with Gasteiger partial charge in [0.15, 0.2) is 23.1 Å². The number of rotatable bonds is 7. The predicted octanol–water partition coefficient (Wildman–Crippen LogP) is 5.46. The van der Waals surface area contributed by atoms with Gasteiger partial charge in [-0.15, -0.1) is 0 Å². The van der Waals surface area contributed by atoms with Gasteiger partial charge in [0.05, 0.1) is 36.6 Å². The smallest absolute Gasteiger partial charge is 0.263 e. The van der Waals surface area contributed by atoms with Crippen molar-refractivity contribution in [3.63, 3.8) is 0 Å². The zero-order valence-electron chi connectivity index (χ0n) is 20.1. The highest BCUT2D eigenvalue weighted by Gasteiger charge is 2.25. The number of nitrogens with one attached hydrogen (secondary N) is 1. The van der Waals surface area contributed by atoms with Crippen LogP contribution < -0.4 is 14.2 Å². The molecule has 0 bridgehead atoms. The Balaban J connectivity index is 1.61. The van der Waals surface area contributed by atoms with E-state index in [0.29, 0.717) is 16.3 Å². The third-order valence-corrected chi connectivity index (χ3v) is 7.21. The van der Waals surface area contributed by atoms with Crippen molar-refractivity contribution in [1.82, 2.24) is 15.0 Å². The molecule has 1 N–H and O–H groups in total. The Bertz CT molecular complexity index is 1770. The van der Waals surface area contributed by atoms with Gasteiger partial charge in [-0.1, -0.05) is 36.4 Å². The number of hydrogen-bond acceptors (Lipinski definition) is 7. The molecule has 2 heterocycles. The fourth-order valence-electron chi connectivity index (χ4n) is 4.09. The number of hydrogen-bond donors (Lipinski definition) is 1. The van der Waals surface area contributed by atoms with E-state index in [1.165, 1.54) is 51.1 Å². The van der Waals surface area contributed by atoms with Crippen LogP contribution in [0.1, 0.15) is 0 Å². The first-order chi connectivity index (χ1) is 18.3. The van der Waals surface area contributed by atoms with Crippen molar-refractivity contribution in [2.24, 2.45) is 0 Å². The van der Waals surface area contributed by atoms with Gasteiger partial charge in [0.25, 0.3) is 10.0 Å². The van der Waals surface area contributed by atoms with Crippen molar-refractivity contribution >= 4 is 26.6 Å². The fourth-order valence-corrected chi connectivity index (χ4v) is 5.15. The Kier molecular flexibility index (Phi) is 6.60. The van der Waals surface area contributed by atoms with Crippen molar-refractivity contribution in [3.05, 3.63) is 91.0 Å². The molecule has 0 spiro atoms. The van der Waals surface area contributed by atoms with E-state index in [0.717, 1.165) is 6.07 Å². The Hall–Kier alpha value is -4.64. The number of anilines is 1. The largest absolute Gasteiger partial charge is 0.493 e. The van der Waals surface area contributed by atoms with Crippen LogP contribution in [0, 0.1) is 11.6 Å². The molecule has 5 aromatic rings. The first kappa shape index (κ1) is 25.0. The van der Waals surface area contributed by atoms with E-state index in [4.69, 9.17) is 9.47 Å². The summed E-state index contributed by atoms with van der Waals surface area (Å²) in [7, 11) is -1.46. The highest BCUT2D eigenvalue weighted by atomic mass is 32.2. The Labute approximate surface area is 217 Å². The third-order valence-electron chi connectivity index (χ3n) is 5.87. The predicted molar refractivity (Wildman–Crippen MR) is 138 cm³/mol. The zero-order valence-corrected chi connectivity index (χ0v) is 21.0. The van der Waals surface area contributed by atoms with Gasteiger partial charge >= 0.3 is 0 Å². The summed E-state index contributed by atoms with van der Waals surface area (Å²) in [5.41, 5.74) is 0.463. The maximum absolute atomic E-state index is 15.5. The van der Waals surface area contributed by atoms with Crippen LogP contribution >= 0.6 is 0 Å². The van der Waals surface area contributed by atoms with Crippen LogP contribution in [0.5, 0.6) is 11.5 Å². The molecule has 0 aliphatic carbocycles. The molecule has 2 aromatic heterocycles. The summed E-state index contributed by atoms with van der Waals surface area (Å²) in [6.07, 6.45) is 3.90. The summed E-state index contributed by atoms with van der Waals surface area (Å²) < 4.78 is 70.0. The Morgan fingerprint density at radius 1 is 0.921 bits per heavy atom. The number of aromatic nitrogens is 3. The number of ether oxygens (including phenoxy) is 2. The molecule has 5 rings (SSSR count). The van der Waals surface area contributed by atoms with E-state index in [1.54, 1.807) is 36.4 Å². The summed E-state index contributed by atoms with van der Waals surface area (Å²) in [6, 6.07) is 15.4. The number of benzene rings is 3. The molecule has 0 radical (unpaired) electrons. The van der Waals surface area contributed by atoms with Crippen molar-refractivity contribution in [2.75, 3.05) is 18.9 Å². The maximum Gasteiger partial charge on any atom is 0.263 e. The van der Waals surface area contributed by atoms with Crippen LogP contribution in [0.15, 0.2) is 84.3 Å². The Morgan fingerprint density at radius 2 is 1.71 bits per heavy atom. The van der Waals surface area contributed by atoms with Crippen molar-refractivity contribution < 1.29 is 26.7 Å². The number of fused-ring (bicyclic) bond motifs is 1. The molecule has 0 atom stereocenters. The van der Waals surface area contributed by atoms with Crippen LogP contribution in [0.2, 0.25) is 0 Å². The standard InChI is InChI=1S/C27H20F2N4O4S/c1-36-22-14-30-15-32-27(22)33-38(34,35)18-8-9-19-17(12-18)10-11-31-25(19)23-21(28)13-20(24(29)26(23)37-2)16-6-4-3-5-7-16/h3-15H,1-2H3,(H,30,32,33). The van der Waals surface area contributed by atoms with Gasteiger partial charge in [0, 0.05) is 17.1 Å². The SMILES string of the molecule is COc1cncnc1NS(=O)(=O)c1ccc2c(-c3c(F)cc(-c4ccccc4)c(F)c3OC)nccc2c1. The van der Waals surface area contributed by atoms with Crippen LogP contribution in [0.3, 0.4) is 0 Å². The average molecular weight is 535 g/mol. The van der Waals surface area contributed by atoms with Gasteiger partial charge in [-0.05, 0) is 35.2 Å². The molecular formula is C27H20F2N4O4S. The lowest BCUT2D eigenvalue weighted by Gasteiger charge is -2.16. The van der Waals surface area contributed by atoms with Crippen LogP contribution in [0.25, 0.3) is 33.2 Å². The van der Waals surface area contributed by atoms with E-state index in [2.05, 4.69) is 19.7 Å². The zero-order chi connectivity index (χ0) is 26.9. The highest BCUT2D eigenvalue weighted by molar-refractivity contribution is 7.92. The number of methoxy groups -OCH3 is 2. The van der Waals surface area contributed by atoms with Crippen molar-refractivity contribution in [3.8, 4) is 33.9 Å². The van der Waals surface area contributed by atoms with E-state index in [9.17, 15) is 8.42 Å². The summed E-state index contributed by atoms with van der Waals surface area (Å²) in [5.74, 6) is -1.67. The second-order valence-electron chi connectivity index (χ2n) is 8.08. The van der Waals surface area contributed by atoms with Crippen LogP contribution in [-0.2, 0) is 10.0 Å². The molecule has 0 fully saturated rings. The normalized spacial score (nSPS) is 11.4. The Morgan fingerprint density at radius 3 is 2.45 bits per heavy atom. The van der Waals surface area contributed by atoms with Gasteiger partial charge in [0.1, 0.15) is 12.1 Å². The molecule has 0 saturated heterocycles. The highest BCUT2D eigenvalue weighted by Crippen LogP contribution is 2.41. The number of pyridine rings is 1. The third kappa shape index (κ3) is 4.48. The minimum Gasteiger partial charge on any atom is -0.493 e. The van der Waals surface area contributed by atoms with Crippen LogP contribution in [-0.4, -0.2) is 37.6 Å². The van der Waals surface area contributed by atoms with Crippen LogP contribution in [0.4, 0.5) is 14.6 Å². The van der Waals surface area contributed by atoms with E-state index in [-0.39, 0.29) is 39.0 Å². The van der Waals surface area contributed by atoms with E-state index >= 15 is 8.78 Å². The summed E-state index contributed by atoms with van der Waals surface area (Å²) in [4.78, 5) is 11.9.